The molecule has 0 aliphatic carbocycles. The van der Waals surface area contributed by atoms with E-state index in [0.717, 1.165) is 57.8 Å². The number of carbonyl (C=O) groups excluding carboxylic acids is 1. The van der Waals surface area contributed by atoms with Crippen molar-refractivity contribution in [3.05, 3.63) is 17.0 Å². The van der Waals surface area contributed by atoms with Crippen molar-refractivity contribution in [1.82, 2.24) is 24.9 Å². The van der Waals surface area contributed by atoms with Crippen LogP contribution in [-0.2, 0) is 13.1 Å². The minimum atomic E-state index is 0.0932. The fourth-order valence-electron chi connectivity index (χ4n) is 3.33. The first-order chi connectivity index (χ1) is 10.6. The number of rotatable bonds is 2. The summed E-state index contributed by atoms with van der Waals surface area (Å²) in [7, 11) is 0. The number of carbonyl (C=O) groups is 1. The molecule has 0 unspecified atom stereocenters. The first-order valence-corrected chi connectivity index (χ1v) is 8.38. The van der Waals surface area contributed by atoms with Gasteiger partial charge in [-0.2, -0.15) is 5.10 Å². The highest BCUT2D eigenvalue weighted by atomic mass is 16.2. The second-order valence-electron chi connectivity index (χ2n) is 6.60. The molecule has 1 aromatic rings. The number of hydrogen-bond acceptors (Lipinski definition) is 4. The van der Waals surface area contributed by atoms with Gasteiger partial charge in [-0.15, -0.1) is 0 Å². The Morgan fingerprint density at radius 2 is 1.91 bits per heavy atom. The Balaban J connectivity index is 1.85. The van der Waals surface area contributed by atoms with Crippen LogP contribution in [0.25, 0.3) is 0 Å². The molecule has 0 bridgehead atoms. The third-order valence-electron chi connectivity index (χ3n) is 4.83. The zero-order valence-electron chi connectivity index (χ0n) is 13.9. The Kier molecular flexibility index (Phi) is 4.49. The van der Waals surface area contributed by atoms with Crippen LogP contribution in [0.3, 0.4) is 0 Å². The molecule has 1 amide bonds. The summed E-state index contributed by atoms with van der Waals surface area (Å²) in [6.07, 6.45) is 1.09. The molecule has 0 aromatic carbocycles. The lowest BCUT2D eigenvalue weighted by molar-refractivity contribution is 0.0728. The first-order valence-electron chi connectivity index (χ1n) is 8.38. The number of aromatic nitrogens is 2. The number of nitrogens with one attached hydrogen (secondary N) is 1. The number of nitrogens with zero attached hydrogens (tertiary/aromatic N) is 4. The minimum absolute atomic E-state index is 0.0932. The van der Waals surface area contributed by atoms with Crippen LogP contribution < -0.4 is 5.32 Å². The first kappa shape index (κ1) is 15.5. The van der Waals surface area contributed by atoms with Gasteiger partial charge in [0.2, 0.25) is 0 Å². The summed E-state index contributed by atoms with van der Waals surface area (Å²) in [5.74, 6) is 0.0932. The third kappa shape index (κ3) is 2.90. The predicted molar refractivity (Wildman–Crippen MR) is 85.9 cm³/mol. The predicted octanol–water partition coefficient (Wildman–Crippen LogP) is 0.851. The van der Waals surface area contributed by atoms with Crippen molar-refractivity contribution >= 4 is 5.91 Å². The maximum Gasteiger partial charge on any atom is 0.274 e. The minimum Gasteiger partial charge on any atom is -0.335 e. The summed E-state index contributed by atoms with van der Waals surface area (Å²) in [4.78, 5) is 17.1. The van der Waals surface area contributed by atoms with Crippen LogP contribution in [-0.4, -0.2) is 64.3 Å². The maximum atomic E-state index is 12.7. The third-order valence-corrected chi connectivity index (χ3v) is 4.83. The van der Waals surface area contributed by atoms with Crippen molar-refractivity contribution in [3.8, 4) is 0 Å². The van der Waals surface area contributed by atoms with Crippen LogP contribution in [0.5, 0.6) is 0 Å². The molecule has 6 nitrogen and oxygen atoms in total. The second-order valence-corrected chi connectivity index (χ2v) is 6.60. The van der Waals surface area contributed by atoms with Crippen LogP contribution in [0, 0.1) is 6.92 Å². The van der Waals surface area contributed by atoms with Crippen LogP contribution in [0.15, 0.2) is 0 Å². The van der Waals surface area contributed by atoms with Gasteiger partial charge >= 0.3 is 0 Å². The fraction of sp³-hybridized carbons (Fsp3) is 0.750. The smallest absolute Gasteiger partial charge is 0.274 e. The molecule has 3 rings (SSSR count). The van der Waals surface area contributed by atoms with Crippen LogP contribution in [0.4, 0.5) is 0 Å². The Morgan fingerprint density at radius 3 is 2.59 bits per heavy atom. The lowest BCUT2D eigenvalue weighted by atomic mass is 10.1. The van der Waals surface area contributed by atoms with Crippen LogP contribution in [0.1, 0.15) is 42.0 Å². The molecule has 1 fully saturated rings. The molecule has 0 saturated carbocycles. The van der Waals surface area contributed by atoms with Gasteiger partial charge in [-0.3, -0.25) is 14.4 Å². The molecular weight excluding hydrogens is 278 g/mol. The van der Waals surface area contributed by atoms with Gasteiger partial charge in [0, 0.05) is 57.4 Å². The average Bonchev–Trinajstić information content (AvgIpc) is 2.71. The molecule has 2 aliphatic heterocycles. The monoisotopic (exact) mass is 305 g/mol. The Bertz CT molecular complexity index is 545. The normalized spacial score (nSPS) is 20.1. The zero-order chi connectivity index (χ0) is 15.7. The van der Waals surface area contributed by atoms with Gasteiger partial charge in [0.05, 0.1) is 5.69 Å². The van der Waals surface area contributed by atoms with Crippen molar-refractivity contribution in [2.75, 3.05) is 32.7 Å². The molecule has 22 heavy (non-hydrogen) atoms. The van der Waals surface area contributed by atoms with E-state index in [1.807, 2.05) is 4.90 Å². The highest BCUT2D eigenvalue weighted by Gasteiger charge is 2.27. The Labute approximate surface area is 132 Å². The number of amides is 1. The largest absolute Gasteiger partial charge is 0.335 e. The molecular formula is C16H27N5O. The number of hydrogen-bond donors (Lipinski definition) is 1. The van der Waals surface area contributed by atoms with E-state index in [2.05, 4.69) is 40.8 Å². The van der Waals surface area contributed by atoms with E-state index in [1.165, 1.54) is 5.69 Å². The number of fused-ring (bicyclic) bond motifs is 1. The standard InChI is InChI=1S/C16H27N5O/c1-12(2)20-7-4-8-21-14(11-20)13(3)15(18-21)16(22)19-9-5-17-6-10-19/h12,17H,4-11H2,1-3H3. The summed E-state index contributed by atoms with van der Waals surface area (Å²) in [6, 6.07) is 0.521. The summed E-state index contributed by atoms with van der Waals surface area (Å²) >= 11 is 0. The summed E-state index contributed by atoms with van der Waals surface area (Å²) in [6.45, 7) is 12.7. The van der Waals surface area contributed by atoms with Gasteiger partial charge in [-0.25, -0.2) is 0 Å². The Hall–Kier alpha value is -1.40. The molecule has 0 spiro atoms. The van der Waals surface area contributed by atoms with E-state index in [-0.39, 0.29) is 5.91 Å². The van der Waals surface area contributed by atoms with Crippen LogP contribution >= 0.6 is 0 Å². The summed E-state index contributed by atoms with van der Waals surface area (Å²) in [5.41, 5.74) is 2.93. The van der Waals surface area contributed by atoms with Gasteiger partial charge in [0.1, 0.15) is 0 Å². The maximum absolute atomic E-state index is 12.7. The topological polar surface area (TPSA) is 53.4 Å². The fourth-order valence-corrected chi connectivity index (χ4v) is 3.33. The molecule has 1 aromatic heterocycles. The van der Waals surface area contributed by atoms with E-state index in [9.17, 15) is 4.79 Å². The van der Waals surface area contributed by atoms with Gasteiger partial charge in [-0.1, -0.05) is 0 Å². The lowest BCUT2D eigenvalue weighted by Gasteiger charge is -2.27. The quantitative estimate of drug-likeness (QED) is 0.880. The van der Waals surface area contributed by atoms with Crippen molar-refractivity contribution in [2.45, 2.75) is 46.3 Å². The molecule has 1 N–H and O–H groups in total. The van der Waals surface area contributed by atoms with Crippen molar-refractivity contribution in [1.29, 1.82) is 0 Å². The van der Waals surface area contributed by atoms with E-state index in [0.29, 0.717) is 11.7 Å². The van der Waals surface area contributed by atoms with E-state index >= 15 is 0 Å². The molecule has 122 valence electrons. The molecule has 6 heteroatoms. The summed E-state index contributed by atoms with van der Waals surface area (Å²) in [5, 5.41) is 7.94. The molecule has 1 saturated heterocycles. The van der Waals surface area contributed by atoms with E-state index < -0.39 is 0 Å². The highest BCUT2D eigenvalue weighted by Crippen LogP contribution is 2.21. The SMILES string of the molecule is Cc1c(C(=O)N2CCNCC2)nn2c1CN(C(C)C)CCC2. The summed E-state index contributed by atoms with van der Waals surface area (Å²) < 4.78 is 2.06. The number of piperazine rings is 1. The van der Waals surface area contributed by atoms with Gasteiger partial charge in [0.15, 0.2) is 5.69 Å². The van der Waals surface area contributed by atoms with Gasteiger partial charge < -0.3 is 10.2 Å². The van der Waals surface area contributed by atoms with E-state index in [1.54, 1.807) is 0 Å². The van der Waals surface area contributed by atoms with Gasteiger partial charge in [-0.05, 0) is 27.2 Å². The number of aryl methyl sites for hydroxylation is 1. The molecule has 3 heterocycles. The van der Waals surface area contributed by atoms with Crippen LogP contribution in [0.2, 0.25) is 0 Å². The van der Waals surface area contributed by atoms with Crippen molar-refractivity contribution in [2.24, 2.45) is 0 Å². The zero-order valence-corrected chi connectivity index (χ0v) is 13.9. The average molecular weight is 305 g/mol. The van der Waals surface area contributed by atoms with E-state index in [4.69, 9.17) is 0 Å². The molecule has 0 atom stereocenters. The molecule has 0 radical (unpaired) electrons. The highest BCUT2D eigenvalue weighted by molar-refractivity contribution is 5.94. The van der Waals surface area contributed by atoms with Crippen molar-refractivity contribution < 1.29 is 4.79 Å². The Morgan fingerprint density at radius 1 is 1.18 bits per heavy atom. The molecule has 2 aliphatic rings. The lowest BCUT2D eigenvalue weighted by Crippen LogP contribution is -2.46. The van der Waals surface area contributed by atoms with Gasteiger partial charge in [0.25, 0.3) is 5.91 Å². The van der Waals surface area contributed by atoms with Crippen molar-refractivity contribution in [3.63, 3.8) is 0 Å². The second kappa shape index (κ2) is 6.38.